The van der Waals surface area contributed by atoms with E-state index in [2.05, 4.69) is 9.97 Å². The zero-order valence-electron chi connectivity index (χ0n) is 24.8. The first-order valence-electron chi connectivity index (χ1n) is 13.8. The lowest BCUT2D eigenvalue weighted by Gasteiger charge is -2.12. The van der Waals surface area contributed by atoms with E-state index in [0.717, 1.165) is 6.07 Å². The molecule has 2 aromatic heterocycles. The average Bonchev–Trinajstić information content (AvgIpc) is 3.31. The Hall–Kier alpha value is -3.72. The van der Waals surface area contributed by atoms with Gasteiger partial charge in [-0.2, -0.15) is 0 Å². The van der Waals surface area contributed by atoms with Crippen LogP contribution in [-0.4, -0.2) is 9.97 Å². The van der Waals surface area contributed by atoms with Gasteiger partial charge in [0.1, 0.15) is 5.52 Å². The fraction of sp³-hybridized carbons (Fsp3) is 0.111. The number of benzene rings is 3. The molecule has 3 heteroatoms. The first-order valence-corrected chi connectivity index (χ1v) is 9.34. The number of para-hydroxylation sites is 2. The number of hydrogen-bond acceptors (Lipinski definition) is 3. The van der Waals surface area contributed by atoms with E-state index in [-0.39, 0.29) is 27.8 Å². The van der Waals surface area contributed by atoms with E-state index in [0.29, 0.717) is 33.8 Å². The molecule has 3 aromatic carbocycles. The van der Waals surface area contributed by atoms with Crippen LogP contribution in [-0.2, 0) is 0 Å². The fourth-order valence-corrected chi connectivity index (χ4v) is 3.42. The van der Waals surface area contributed by atoms with Gasteiger partial charge in [0.25, 0.3) is 0 Å². The number of aryl methyl sites for hydroxylation is 3. The van der Waals surface area contributed by atoms with Gasteiger partial charge in [0.15, 0.2) is 5.58 Å². The van der Waals surface area contributed by atoms with Gasteiger partial charge < -0.3 is 4.42 Å². The van der Waals surface area contributed by atoms with Crippen molar-refractivity contribution >= 4 is 11.1 Å². The summed E-state index contributed by atoms with van der Waals surface area (Å²) in [6.45, 7) is -7.82. The molecule has 0 saturated heterocycles. The van der Waals surface area contributed by atoms with E-state index in [1.807, 2.05) is 30.3 Å². The Labute approximate surface area is 188 Å². The molecule has 0 unspecified atom stereocenters. The van der Waals surface area contributed by atoms with Crippen molar-refractivity contribution in [2.45, 2.75) is 20.6 Å². The third-order valence-electron chi connectivity index (χ3n) is 4.91. The summed E-state index contributed by atoms with van der Waals surface area (Å²) in [4.78, 5) is 8.91. The summed E-state index contributed by atoms with van der Waals surface area (Å²) in [6, 6.07) is 19.9. The van der Waals surface area contributed by atoms with Crippen molar-refractivity contribution in [3.63, 3.8) is 0 Å². The monoisotopic (exact) mass is 399 g/mol. The van der Waals surface area contributed by atoms with Gasteiger partial charge in [-0.3, -0.25) is 4.98 Å². The Balaban J connectivity index is 1.68. The zero-order chi connectivity index (χ0) is 28.2. The molecule has 30 heavy (non-hydrogen) atoms. The first kappa shape index (κ1) is 10.9. The Kier molecular flexibility index (Phi) is 2.64. The van der Waals surface area contributed by atoms with Crippen molar-refractivity contribution < 1.29 is 16.8 Å². The lowest BCUT2D eigenvalue weighted by Crippen LogP contribution is -1.92. The van der Waals surface area contributed by atoms with E-state index in [9.17, 15) is 0 Å². The lowest BCUT2D eigenvalue weighted by molar-refractivity contribution is 0.620. The summed E-state index contributed by atoms with van der Waals surface area (Å²) in [5.74, 6) is 0.405. The molecule has 3 nitrogen and oxygen atoms in total. The molecule has 2 heterocycles. The van der Waals surface area contributed by atoms with Gasteiger partial charge in [0.2, 0.25) is 5.89 Å². The molecule has 0 aliphatic rings. The molecule has 0 amide bonds. The Morgan fingerprint density at radius 2 is 1.67 bits per heavy atom. The molecule has 0 bridgehead atoms. The van der Waals surface area contributed by atoms with Crippen molar-refractivity contribution in [1.82, 2.24) is 9.97 Å². The summed E-state index contributed by atoms with van der Waals surface area (Å²) >= 11 is 0. The second kappa shape index (κ2) is 7.27. The van der Waals surface area contributed by atoms with Crippen molar-refractivity contribution in [2.75, 3.05) is 0 Å². The van der Waals surface area contributed by atoms with Gasteiger partial charge in [-0.1, -0.05) is 48.0 Å². The lowest BCUT2D eigenvalue weighted by atomic mass is 9.95. The van der Waals surface area contributed by atoms with E-state index < -0.39 is 20.6 Å². The van der Waals surface area contributed by atoms with Gasteiger partial charge in [0.05, 0.1) is 5.69 Å². The van der Waals surface area contributed by atoms with Crippen LogP contribution >= 0.6 is 0 Å². The SMILES string of the molecule is [2H]C([2H])([2H])c1ccc(-c2cc(-c3cccc(-c4nc5ccccc5o4)c3)ncc2C([2H])([2H])[2H])c(C([2H])([2H])[2H])c1. The quantitative estimate of drug-likeness (QED) is 0.323. The molecule has 0 atom stereocenters. The van der Waals surface area contributed by atoms with E-state index in [1.165, 1.54) is 24.4 Å². The van der Waals surface area contributed by atoms with Crippen LogP contribution in [0.3, 0.4) is 0 Å². The predicted molar refractivity (Wildman–Crippen MR) is 122 cm³/mol. The van der Waals surface area contributed by atoms with Crippen LogP contribution in [0.25, 0.3) is 44.9 Å². The second-order valence-electron chi connectivity index (χ2n) is 6.94. The largest absolute Gasteiger partial charge is 0.436 e. The van der Waals surface area contributed by atoms with E-state index >= 15 is 0 Å². The van der Waals surface area contributed by atoms with Crippen LogP contribution in [0.1, 0.15) is 29.0 Å². The normalized spacial score (nSPS) is 16.9. The minimum atomic E-state index is -2.70. The molecule has 0 aliphatic heterocycles. The van der Waals surface area contributed by atoms with Crippen molar-refractivity contribution in [3.8, 4) is 33.8 Å². The van der Waals surface area contributed by atoms with Crippen LogP contribution in [0.5, 0.6) is 0 Å². The number of oxazole rings is 1. The molecule has 5 aromatic rings. The van der Waals surface area contributed by atoms with Crippen LogP contribution in [0.15, 0.2) is 83.4 Å². The molecule has 5 rings (SSSR count). The maximum Gasteiger partial charge on any atom is 0.227 e. The average molecular weight is 400 g/mol. The summed E-state index contributed by atoms with van der Waals surface area (Å²) < 4.78 is 77.3. The summed E-state index contributed by atoms with van der Waals surface area (Å²) in [6.07, 6.45) is 1.21. The van der Waals surface area contributed by atoms with Crippen molar-refractivity contribution in [3.05, 3.63) is 95.7 Å². The molecule has 146 valence electrons. The molecule has 0 aliphatic carbocycles. The molecule has 0 saturated carbocycles. The highest BCUT2D eigenvalue weighted by atomic mass is 16.3. The van der Waals surface area contributed by atoms with E-state index in [1.54, 1.807) is 18.2 Å². The number of hydrogen-bond donors (Lipinski definition) is 0. The van der Waals surface area contributed by atoms with Gasteiger partial charge in [0, 0.05) is 29.7 Å². The second-order valence-corrected chi connectivity index (χ2v) is 6.94. The van der Waals surface area contributed by atoms with Crippen molar-refractivity contribution in [2.24, 2.45) is 0 Å². The Morgan fingerprint density at radius 1 is 0.767 bits per heavy atom. The number of rotatable bonds is 3. The fourth-order valence-electron chi connectivity index (χ4n) is 3.42. The minimum absolute atomic E-state index is 0.105. The molecular formula is C27H22N2O. The highest BCUT2D eigenvalue weighted by molar-refractivity contribution is 5.79. The third-order valence-corrected chi connectivity index (χ3v) is 4.91. The number of nitrogens with zero attached hydrogens (tertiary/aromatic N) is 2. The van der Waals surface area contributed by atoms with Crippen molar-refractivity contribution in [1.29, 1.82) is 0 Å². The van der Waals surface area contributed by atoms with Crippen LogP contribution < -0.4 is 0 Å². The van der Waals surface area contributed by atoms with Crippen LogP contribution in [0, 0.1) is 20.6 Å². The topological polar surface area (TPSA) is 38.9 Å². The maximum absolute atomic E-state index is 8.05. The van der Waals surface area contributed by atoms with Gasteiger partial charge in [-0.15, -0.1) is 0 Å². The van der Waals surface area contributed by atoms with Gasteiger partial charge >= 0.3 is 0 Å². The minimum Gasteiger partial charge on any atom is -0.436 e. The molecule has 0 spiro atoms. The third kappa shape index (κ3) is 3.29. The number of pyridine rings is 1. The predicted octanol–water partition coefficient (Wildman–Crippen LogP) is 7.15. The molecule has 0 fully saturated rings. The summed E-state index contributed by atoms with van der Waals surface area (Å²) in [7, 11) is 0. The van der Waals surface area contributed by atoms with Crippen LogP contribution in [0.4, 0.5) is 0 Å². The van der Waals surface area contributed by atoms with Gasteiger partial charge in [-0.05, 0) is 73.1 Å². The van der Waals surface area contributed by atoms with Gasteiger partial charge in [-0.25, -0.2) is 4.98 Å². The Morgan fingerprint density at radius 3 is 2.53 bits per heavy atom. The molecular weight excluding hydrogens is 368 g/mol. The highest BCUT2D eigenvalue weighted by Gasteiger charge is 2.12. The zero-order valence-corrected chi connectivity index (χ0v) is 15.8. The Bertz CT molecular complexity index is 1650. The molecule has 0 N–H and O–H groups in total. The van der Waals surface area contributed by atoms with E-state index in [4.69, 9.17) is 16.8 Å². The number of fused-ring (bicyclic) bond motifs is 1. The highest BCUT2D eigenvalue weighted by Crippen LogP contribution is 2.32. The first-order chi connectivity index (χ1) is 18.2. The molecule has 0 radical (unpaired) electrons. The smallest absolute Gasteiger partial charge is 0.227 e. The van der Waals surface area contributed by atoms with Crippen LogP contribution in [0.2, 0.25) is 0 Å². The summed E-state index contributed by atoms with van der Waals surface area (Å²) in [5, 5.41) is 0. The maximum atomic E-state index is 8.05. The standard InChI is InChI=1S/C27H22N2O/c1-17-11-12-22(18(2)13-17)23-15-25(28-16-19(23)3)20-7-6-8-21(14-20)27-29-24-9-4-5-10-26(24)30-27/h4-16H,1-3H3/i1D3,2D3,3D3. The summed E-state index contributed by atoms with van der Waals surface area (Å²) in [5.41, 5.74) is 2.74. The number of aromatic nitrogens is 2.